The Bertz CT molecular complexity index is 825. The van der Waals surface area contributed by atoms with Crippen LogP contribution >= 0.6 is 12.4 Å². The fourth-order valence-corrected chi connectivity index (χ4v) is 5.76. The second-order valence-corrected chi connectivity index (χ2v) is 9.91. The van der Waals surface area contributed by atoms with Crippen LogP contribution in [0.1, 0.15) is 24.8 Å². The van der Waals surface area contributed by atoms with E-state index in [1.54, 1.807) is 17.0 Å². The minimum absolute atomic E-state index is 0. The van der Waals surface area contributed by atoms with Crippen molar-refractivity contribution in [3.8, 4) is 0 Å². The topological polar surface area (TPSA) is 83.7 Å². The Hall–Kier alpha value is -1.15. The highest BCUT2D eigenvalue weighted by Crippen LogP contribution is 2.49. The molecule has 3 aliphatic rings. The van der Waals surface area contributed by atoms with Gasteiger partial charge in [0.1, 0.15) is 0 Å². The summed E-state index contributed by atoms with van der Waals surface area (Å²) in [5, 5.41) is 0. The van der Waals surface area contributed by atoms with E-state index in [0.717, 1.165) is 36.9 Å². The number of carbonyl (C=O) groups is 1. The normalized spacial score (nSPS) is 29.8. The molecule has 0 saturated heterocycles. The molecular weight excluding hydrogens is 374 g/mol. The van der Waals surface area contributed by atoms with Crippen molar-refractivity contribution in [2.45, 2.75) is 36.6 Å². The summed E-state index contributed by atoms with van der Waals surface area (Å²) in [5.41, 5.74) is 8.11. The van der Waals surface area contributed by atoms with Gasteiger partial charge in [-0.2, -0.15) is 0 Å². The Labute approximate surface area is 161 Å². The number of amides is 1. The zero-order chi connectivity index (χ0) is 17.9. The molecule has 2 bridgehead atoms. The molecule has 2 aliphatic carbocycles. The van der Waals surface area contributed by atoms with Crippen molar-refractivity contribution in [2.24, 2.45) is 23.5 Å². The standard InChI is InChI=1S/C18H25N3O3S.ClH/c1-20(2)25(23,24)14-6-5-11-7-8-21(15(11)10-14)18(22)16-12-3-4-13(9-12)17(16)19;/h5-6,10,12-13,16-17H,3-4,7-9,19H2,1-2H3;1H. The molecule has 4 unspecified atom stereocenters. The first-order valence-electron chi connectivity index (χ1n) is 8.93. The predicted octanol–water partition coefficient (Wildman–Crippen LogP) is 1.62. The number of anilines is 1. The van der Waals surface area contributed by atoms with Crippen molar-refractivity contribution in [1.82, 2.24) is 4.31 Å². The Morgan fingerprint density at radius 2 is 1.92 bits per heavy atom. The van der Waals surface area contributed by atoms with Crippen LogP contribution in [0.3, 0.4) is 0 Å². The van der Waals surface area contributed by atoms with Crippen LogP contribution in [-0.2, 0) is 21.2 Å². The summed E-state index contributed by atoms with van der Waals surface area (Å²) in [4.78, 5) is 15.2. The quantitative estimate of drug-likeness (QED) is 0.837. The lowest BCUT2D eigenvalue weighted by atomic mass is 9.84. The molecule has 26 heavy (non-hydrogen) atoms. The second-order valence-electron chi connectivity index (χ2n) is 7.75. The van der Waals surface area contributed by atoms with Gasteiger partial charge in [-0.05, 0) is 55.2 Å². The fourth-order valence-electron chi connectivity index (χ4n) is 4.84. The first-order chi connectivity index (χ1) is 11.8. The molecule has 1 aromatic carbocycles. The third-order valence-electron chi connectivity index (χ3n) is 6.26. The van der Waals surface area contributed by atoms with Gasteiger partial charge < -0.3 is 10.6 Å². The molecule has 6 nitrogen and oxygen atoms in total. The maximum absolute atomic E-state index is 13.2. The maximum Gasteiger partial charge on any atom is 0.242 e. The second kappa shape index (κ2) is 6.78. The van der Waals surface area contributed by atoms with E-state index in [1.807, 2.05) is 6.07 Å². The Morgan fingerprint density at radius 3 is 2.54 bits per heavy atom. The molecule has 4 atom stereocenters. The van der Waals surface area contributed by atoms with Gasteiger partial charge in [0.2, 0.25) is 15.9 Å². The minimum atomic E-state index is -3.52. The SMILES string of the molecule is CN(C)S(=O)(=O)c1ccc2c(c1)N(C(=O)C1C3CCC(C3)C1N)CC2.Cl. The summed E-state index contributed by atoms with van der Waals surface area (Å²) in [6.45, 7) is 0.611. The van der Waals surface area contributed by atoms with E-state index in [0.29, 0.717) is 18.4 Å². The summed E-state index contributed by atoms with van der Waals surface area (Å²) < 4.78 is 26.0. The van der Waals surface area contributed by atoms with Crippen molar-refractivity contribution in [3.63, 3.8) is 0 Å². The molecule has 4 rings (SSSR count). The van der Waals surface area contributed by atoms with Gasteiger partial charge in [0.15, 0.2) is 0 Å². The maximum atomic E-state index is 13.2. The smallest absolute Gasteiger partial charge is 0.242 e. The first-order valence-corrected chi connectivity index (χ1v) is 10.4. The molecule has 1 aromatic rings. The van der Waals surface area contributed by atoms with Gasteiger partial charge in [0.05, 0.1) is 10.8 Å². The number of hydrogen-bond donors (Lipinski definition) is 1. The lowest BCUT2D eigenvalue weighted by molar-refractivity contribution is -0.124. The highest BCUT2D eigenvalue weighted by molar-refractivity contribution is 7.89. The molecule has 2 fully saturated rings. The average molecular weight is 400 g/mol. The predicted molar refractivity (Wildman–Crippen MR) is 103 cm³/mol. The highest BCUT2D eigenvalue weighted by atomic mass is 35.5. The monoisotopic (exact) mass is 399 g/mol. The van der Waals surface area contributed by atoms with Crippen LogP contribution in [-0.4, -0.2) is 45.3 Å². The number of rotatable bonds is 3. The average Bonchev–Trinajstić information content (AvgIpc) is 3.27. The lowest BCUT2D eigenvalue weighted by Crippen LogP contribution is -2.46. The molecule has 1 amide bonds. The highest BCUT2D eigenvalue weighted by Gasteiger charge is 2.50. The summed E-state index contributed by atoms with van der Waals surface area (Å²) >= 11 is 0. The Morgan fingerprint density at radius 1 is 1.23 bits per heavy atom. The molecule has 144 valence electrons. The van der Waals surface area contributed by atoms with Crippen LogP contribution in [0.15, 0.2) is 23.1 Å². The van der Waals surface area contributed by atoms with Gasteiger partial charge in [-0.1, -0.05) is 6.07 Å². The van der Waals surface area contributed by atoms with E-state index in [-0.39, 0.29) is 35.2 Å². The van der Waals surface area contributed by atoms with Gasteiger partial charge >= 0.3 is 0 Å². The fraction of sp³-hybridized carbons (Fsp3) is 0.611. The van der Waals surface area contributed by atoms with E-state index in [2.05, 4.69) is 0 Å². The van der Waals surface area contributed by atoms with E-state index < -0.39 is 10.0 Å². The zero-order valence-corrected chi connectivity index (χ0v) is 16.7. The molecule has 1 aliphatic heterocycles. The summed E-state index contributed by atoms with van der Waals surface area (Å²) in [7, 11) is -0.488. The van der Waals surface area contributed by atoms with E-state index in [1.165, 1.54) is 18.4 Å². The van der Waals surface area contributed by atoms with Crippen LogP contribution in [0, 0.1) is 17.8 Å². The first kappa shape index (κ1) is 19.6. The van der Waals surface area contributed by atoms with Gasteiger partial charge in [-0.25, -0.2) is 12.7 Å². The van der Waals surface area contributed by atoms with Gasteiger partial charge in [-0.15, -0.1) is 12.4 Å². The van der Waals surface area contributed by atoms with Crippen LogP contribution in [0.4, 0.5) is 5.69 Å². The number of benzene rings is 1. The zero-order valence-electron chi connectivity index (χ0n) is 15.1. The van der Waals surface area contributed by atoms with Crippen molar-refractivity contribution >= 4 is 34.0 Å². The van der Waals surface area contributed by atoms with E-state index in [9.17, 15) is 13.2 Å². The number of fused-ring (bicyclic) bond motifs is 3. The Balaban J connectivity index is 0.00000196. The number of hydrogen-bond acceptors (Lipinski definition) is 4. The van der Waals surface area contributed by atoms with Crippen LogP contribution in [0.5, 0.6) is 0 Å². The van der Waals surface area contributed by atoms with Gasteiger partial charge in [0, 0.05) is 32.4 Å². The molecule has 1 heterocycles. The van der Waals surface area contributed by atoms with Crippen molar-refractivity contribution < 1.29 is 13.2 Å². The summed E-state index contributed by atoms with van der Waals surface area (Å²) in [6.07, 6.45) is 4.05. The van der Waals surface area contributed by atoms with Gasteiger partial charge in [-0.3, -0.25) is 4.79 Å². The lowest BCUT2D eigenvalue weighted by Gasteiger charge is -2.31. The molecule has 2 saturated carbocycles. The number of halogens is 1. The minimum Gasteiger partial charge on any atom is -0.327 e. The Kier molecular flexibility index (Phi) is 5.11. The third kappa shape index (κ3) is 2.85. The van der Waals surface area contributed by atoms with Gasteiger partial charge in [0.25, 0.3) is 0 Å². The van der Waals surface area contributed by atoms with Crippen molar-refractivity contribution in [3.05, 3.63) is 23.8 Å². The summed E-state index contributed by atoms with van der Waals surface area (Å²) in [6, 6.07) is 5.06. The summed E-state index contributed by atoms with van der Waals surface area (Å²) in [5.74, 6) is 0.836. The number of sulfonamides is 1. The van der Waals surface area contributed by atoms with E-state index in [4.69, 9.17) is 5.73 Å². The molecule has 2 N–H and O–H groups in total. The van der Waals surface area contributed by atoms with Crippen LogP contribution in [0.25, 0.3) is 0 Å². The molecular formula is C18H26ClN3O3S. The number of nitrogens with zero attached hydrogens (tertiary/aromatic N) is 2. The van der Waals surface area contributed by atoms with Crippen LogP contribution in [0.2, 0.25) is 0 Å². The van der Waals surface area contributed by atoms with Crippen molar-refractivity contribution in [1.29, 1.82) is 0 Å². The molecule has 0 spiro atoms. The van der Waals surface area contributed by atoms with E-state index >= 15 is 0 Å². The van der Waals surface area contributed by atoms with Crippen LogP contribution < -0.4 is 10.6 Å². The molecule has 0 aromatic heterocycles. The molecule has 8 heteroatoms. The third-order valence-corrected chi connectivity index (χ3v) is 8.07. The van der Waals surface area contributed by atoms with Crippen molar-refractivity contribution in [2.75, 3.05) is 25.5 Å². The number of nitrogens with two attached hydrogens (primary N) is 1. The number of carbonyl (C=O) groups excluding carboxylic acids is 1. The molecule has 0 radical (unpaired) electrons. The largest absolute Gasteiger partial charge is 0.327 e.